The molecule has 1 fully saturated rings. The largest absolute Gasteiger partial charge is 0.474 e. The van der Waals surface area contributed by atoms with E-state index in [0.29, 0.717) is 27.5 Å². The highest BCUT2D eigenvalue weighted by Crippen LogP contribution is 2.23. The Morgan fingerprint density at radius 3 is 2.79 bits per heavy atom. The molecule has 128 valence electrons. The Hall–Kier alpha value is -1.54. The predicted octanol–water partition coefficient (Wildman–Crippen LogP) is 2.75. The molecule has 0 aliphatic carbocycles. The zero-order valence-corrected chi connectivity index (χ0v) is 15.7. The van der Waals surface area contributed by atoms with Gasteiger partial charge in [0.25, 0.3) is 0 Å². The maximum absolute atomic E-state index is 8.83. The van der Waals surface area contributed by atoms with Gasteiger partial charge in [-0.05, 0) is 32.9 Å². The van der Waals surface area contributed by atoms with Crippen molar-refractivity contribution in [3.05, 3.63) is 23.0 Å². The van der Waals surface area contributed by atoms with Crippen molar-refractivity contribution in [3.8, 4) is 11.9 Å². The average Bonchev–Trinajstić information content (AvgIpc) is 3.04. The summed E-state index contributed by atoms with van der Waals surface area (Å²) < 4.78 is 5.94. The lowest BCUT2D eigenvalue weighted by Crippen LogP contribution is -2.34. The van der Waals surface area contributed by atoms with Gasteiger partial charge in [0.2, 0.25) is 5.88 Å². The summed E-state index contributed by atoms with van der Waals surface area (Å²) in [4.78, 5) is 13.3. The lowest BCUT2D eigenvalue weighted by atomic mass is 10.1. The van der Waals surface area contributed by atoms with Gasteiger partial charge in [0.1, 0.15) is 28.7 Å². The molecule has 0 aromatic carbocycles. The Balaban J connectivity index is 0.00000100. The van der Waals surface area contributed by atoms with Gasteiger partial charge in [0.15, 0.2) is 5.13 Å². The summed E-state index contributed by atoms with van der Waals surface area (Å²) in [5.41, 5.74) is 0. The Bertz CT molecular complexity index is 696. The van der Waals surface area contributed by atoms with E-state index in [1.807, 2.05) is 6.92 Å². The third kappa shape index (κ3) is 5.52. The SMILES string of the molecule is Cc1nc(Nc2ncc(C#N)s2)cc(OC2CCNCC2)n1.SS. The second-order valence-electron chi connectivity index (χ2n) is 4.97. The van der Waals surface area contributed by atoms with Crippen LogP contribution in [0.5, 0.6) is 5.88 Å². The van der Waals surface area contributed by atoms with E-state index in [2.05, 4.69) is 55.0 Å². The van der Waals surface area contributed by atoms with E-state index in [0.717, 1.165) is 25.9 Å². The van der Waals surface area contributed by atoms with E-state index in [1.165, 1.54) is 17.5 Å². The van der Waals surface area contributed by atoms with E-state index in [1.54, 1.807) is 6.07 Å². The summed E-state index contributed by atoms with van der Waals surface area (Å²) in [6, 6.07) is 3.83. The minimum absolute atomic E-state index is 0.188. The Kier molecular flexibility index (Phi) is 7.58. The van der Waals surface area contributed by atoms with Crippen LogP contribution in [0.15, 0.2) is 12.3 Å². The third-order valence-electron chi connectivity index (χ3n) is 3.24. The number of nitrogens with one attached hydrogen (secondary N) is 2. The molecule has 2 aromatic rings. The van der Waals surface area contributed by atoms with Crippen LogP contribution in [0.25, 0.3) is 0 Å². The molecule has 0 unspecified atom stereocenters. The highest BCUT2D eigenvalue weighted by atomic mass is 33.1. The van der Waals surface area contributed by atoms with E-state index in [-0.39, 0.29) is 6.10 Å². The van der Waals surface area contributed by atoms with Crippen LogP contribution in [-0.4, -0.2) is 34.1 Å². The number of anilines is 2. The maximum atomic E-state index is 8.83. The molecular formula is C14H18N6OS3. The number of nitriles is 1. The van der Waals surface area contributed by atoms with Gasteiger partial charge >= 0.3 is 0 Å². The van der Waals surface area contributed by atoms with Crippen molar-refractivity contribution in [1.29, 1.82) is 5.26 Å². The fourth-order valence-corrected chi connectivity index (χ4v) is 2.86. The second-order valence-corrected chi connectivity index (χ2v) is 6.00. The molecule has 0 spiro atoms. The molecule has 0 saturated carbocycles. The van der Waals surface area contributed by atoms with Gasteiger partial charge in [0, 0.05) is 6.07 Å². The monoisotopic (exact) mass is 382 g/mol. The number of aryl methyl sites for hydroxylation is 1. The van der Waals surface area contributed by atoms with Crippen LogP contribution in [-0.2, 0) is 0 Å². The van der Waals surface area contributed by atoms with Gasteiger partial charge in [-0.1, -0.05) is 11.3 Å². The zero-order chi connectivity index (χ0) is 17.4. The molecule has 0 radical (unpaired) electrons. The first-order chi connectivity index (χ1) is 11.7. The number of piperidine rings is 1. The van der Waals surface area contributed by atoms with Gasteiger partial charge in [0.05, 0.1) is 6.20 Å². The van der Waals surface area contributed by atoms with E-state index < -0.39 is 0 Å². The predicted molar refractivity (Wildman–Crippen MR) is 101 cm³/mol. The van der Waals surface area contributed by atoms with Crippen LogP contribution in [0.4, 0.5) is 10.9 Å². The first kappa shape index (κ1) is 18.8. The molecule has 24 heavy (non-hydrogen) atoms. The van der Waals surface area contributed by atoms with Gasteiger partial charge in [-0.25, -0.2) is 9.97 Å². The van der Waals surface area contributed by atoms with Crippen molar-refractivity contribution >= 4 is 45.6 Å². The van der Waals surface area contributed by atoms with E-state index in [9.17, 15) is 0 Å². The van der Waals surface area contributed by atoms with Crippen molar-refractivity contribution in [2.45, 2.75) is 25.9 Å². The number of nitrogens with zero attached hydrogens (tertiary/aromatic N) is 4. The standard InChI is InChI=1S/C14H16N6OS.H2S2/c1-9-18-12(20-14-17-8-11(7-15)22-14)6-13(19-9)21-10-2-4-16-5-3-10;1-2/h6,8,10,16H,2-5H2,1H3,(H,17,18,19,20);1-2H. The van der Waals surface area contributed by atoms with Gasteiger partial charge in [-0.3, -0.25) is 0 Å². The fraction of sp³-hybridized carbons (Fsp3) is 0.429. The summed E-state index contributed by atoms with van der Waals surface area (Å²) in [6.45, 7) is 3.76. The normalized spacial score (nSPS) is 14.2. The van der Waals surface area contributed by atoms with Crippen LogP contribution in [0, 0.1) is 18.3 Å². The number of ether oxygens (including phenoxy) is 1. The summed E-state index contributed by atoms with van der Waals surface area (Å²) >= 11 is 7.73. The summed E-state index contributed by atoms with van der Waals surface area (Å²) in [5, 5.41) is 15.9. The molecule has 1 saturated heterocycles. The summed E-state index contributed by atoms with van der Waals surface area (Å²) in [6.07, 6.45) is 3.68. The van der Waals surface area contributed by atoms with Crippen molar-refractivity contribution in [1.82, 2.24) is 20.3 Å². The highest BCUT2D eigenvalue weighted by molar-refractivity contribution is 8.59. The Morgan fingerprint density at radius 1 is 1.38 bits per heavy atom. The Labute approximate surface area is 155 Å². The molecule has 0 atom stereocenters. The van der Waals surface area contributed by atoms with Gasteiger partial charge in [-0.15, -0.1) is 23.3 Å². The number of rotatable bonds is 4. The summed E-state index contributed by atoms with van der Waals surface area (Å²) in [7, 11) is 0. The van der Waals surface area contributed by atoms with Crippen molar-refractivity contribution in [2.24, 2.45) is 0 Å². The minimum Gasteiger partial charge on any atom is -0.474 e. The number of aromatic nitrogens is 3. The molecule has 1 aliphatic heterocycles. The number of hydrogen-bond acceptors (Lipinski definition) is 10. The van der Waals surface area contributed by atoms with Crippen LogP contribution >= 0.6 is 34.7 Å². The third-order valence-corrected chi connectivity index (χ3v) is 4.06. The van der Waals surface area contributed by atoms with Crippen molar-refractivity contribution in [2.75, 3.05) is 18.4 Å². The molecule has 0 amide bonds. The second kappa shape index (κ2) is 9.68. The van der Waals surface area contributed by atoms with Crippen LogP contribution < -0.4 is 15.4 Å². The number of thiazole rings is 1. The minimum atomic E-state index is 0.188. The highest BCUT2D eigenvalue weighted by Gasteiger charge is 2.16. The lowest BCUT2D eigenvalue weighted by molar-refractivity contribution is 0.155. The lowest BCUT2D eigenvalue weighted by Gasteiger charge is -2.23. The summed E-state index contributed by atoms with van der Waals surface area (Å²) in [5.74, 6) is 1.82. The topological polar surface area (TPSA) is 95.8 Å². The number of hydrogen-bond donors (Lipinski definition) is 4. The van der Waals surface area contributed by atoms with Crippen LogP contribution in [0.3, 0.4) is 0 Å². The van der Waals surface area contributed by atoms with Crippen LogP contribution in [0.1, 0.15) is 23.5 Å². The van der Waals surface area contributed by atoms with Gasteiger partial charge < -0.3 is 15.4 Å². The molecular weight excluding hydrogens is 364 g/mol. The molecule has 3 heterocycles. The molecule has 2 N–H and O–H groups in total. The van der Waals surface area contributed by atoms with E-state index >= 15 is 0 Å². The maximum Gasteiger partial charge on any atom is 0.219 e. The van der Waals surface area contributed by atoms with Crippen LogP contribution in [0.2, 0.25) is 0 Å². The first-order valence-electron chi connectivity index (χ1n) is 7.29. The quantitative estimate of drug-likeness (QED) is 0.477. The molecule has 0 bridgehead atoms. The average molecular weight is 383 g/mol. The van der Waals surface area contributed by atoms with Crippen molar-refractivity contribution < 1.29 is 4.74 Å². The molecule has 3 rings (SSSR count). The van der Waals surface area contributed by atoms with E-state index in [4.69, 9.17) is 10.00 Å². The Morgan fingerprint density at radius 2 is 2.12 bits per heavy atom. The van der Waals surface area contributed by atoms with Gasteiger partial charge in [-0.2, -0.15) is 10.2 Å². The fourth-order valence-electron chi connectivity index (χ4n) is 2.24. The molecule has 1 aliphatic rings. The number of thiol groups is 2. The molecule has 7 nitrogen and oxygen atoms in total. The zero-order valence-electron chi connectivity index (χ0n) is 13.1. The first-order valence-corrected chi connectivity index (χ1v) is 9.70. The van der Waals surface area contributed by atoms with Crippen molar-refractivity contribution in [3.63, 3.8) is 0 Å². The molecule has 2 aromatic heterocycles. The smallest absolute Gasteiger partial charge is 0.219 e. The molecule has 10 heteroatoms.